The van der Waals surface area contributed by atoms with E-state index in [2.05, 4.69) is 21.7 Å². The Labute approximate surface area is 105 Å². The van der Waals surface area contributed by atoms with Gasteiger partial charge in [0.2, 0.25) is 0 Å². The molecule has 2 heterocycles. The average Bonchev–Trinajstić information content (AvgIpc) is 2.81. The zero-order valence-electron chi connectivity index (χ0n) is 9.69. The molecule has 0 aliphatic carbocycles. The van der Waals surface area contributed by atoms with Crippen LogP contribution in [0.4, 0.5) is 4.39 Å². The quantitative estimate of drug-likeness (QED) is 0.881. The summed E-state index contributed by atoms with van der Waals surface area (Å²) >= 11 is 1.72. The van der Waals surface area contributed by atoms with Crippen LogP contribution in [0.25, 0.3) is 0 Å². The molecule has 0 bridgehead atoms. The van der Waals surface area contributed by atoms with E-state index in [0.717, 1.165) is 18.5 Å². The molecule has 2 aromatic heterocycles. The molecule has 0 saturated carbocycles. The minimum atomic E-state index is -0.281. The molecular weight excluding hydrogens is 235 g/mol. The van der Waals surface area contributed by atoms with Crippen molar-refractivity contribution in [3.05, 3.63) is 52.2 Å². The first-order chi connectivity index (χ1) is 8.29. The highest BCUT2D eigenvalue weighted by molar-refractivity contribution is 7.09. The average molecular weight is 250 g/mol. The minimum absolute atomic E-state index is 0.127. The third-order valence-corrected chi connectivity index (χ3v) is 3.46. The highest BCUT2D eigenvalue weighted by Gasteiger charge is 2.12. The van der Waals surface area contributed by atoms with Crippen LogP contribution >= 0.6 is 11.3 Å². The van der Waals surface area contributed by atoms with Crippen LogP contribution in [-0.4, -0.2) is 11.5 Å². The second-order valence-corrected chi connectivity index (χ2v) is 4.86. The fourth-order valence-electron chi connectivity index (χ4n) is 1.80. The van der Waals surface area contributed by atoms with Gasteiger partial charge in [-0.3, -0.25) is 4.98 Å². The Morgan fingerprint density at radius 3 is 3.00 bits per heavy atom. The van der Waals surface area contributed by atoms with Crippen LogP contribution in [0.15, 0.2) is 36.0 Å². The van der Waals surface area contributed by atoms with Crippen LogP contribution in [0.3, 0.4) is 0 Å². The summed E-state index contributed by atoms with van der Waals surface area (Å²) < 4.78 is 13.2. The summed E-state index contributed by atoms with van der Waals surface area (Å²) in [5, 5.41) is 5.42. The third-order valence-electron chi connectivity index (χ3n) is 2.56. The number of hydrogen-bond acceptors (Lipinski definition) is 3. The van der Waals surface area contributed by atoms with Crippen molar-refractivity contribution in [1.82, 2.24) is 10.3 Å². The molecule has 0 radical (unpaired) electrons. The zero-order chi connectivity index (χ0) is 12.1. The van der Waals surface area contributed by atoms with Crippen LogP contribution < -0.4 is 5.32 Å². The second kappa shape index (κ2) is 5.89. The molecule has 0 amide bonds. The Hall–Kier alpha value is -1.26. The fourth-order valence-corrected chi connectivity index (χ4v) is 2.55. The number of hydrogen-bond donors (Lipinski definition) is 1. The molecule has 0 aromatic carbocycles. The van der Waals surface area contributed by atoms with E-state index in [0.29, 0.717) is 0 Å². The van der Waals surface area contributed by atoms with Crippen molar-refractivity contribution >= 4 is 11.3 Å². The SMILES string of the molecule is CCNC(Cc1cccs1)c1cncc(F)c1. The van der Waals surface area contributed by atoms with Crippen LogP contribution in [0.2, 0.25) is 0 Å². The Kier molecular flexibility index (Phi) is 4.23. The number of rotatable bonds is 5. The second-order valence-electron chi connectivity index (χ2n) is 3.83. The summed E-state index contributed by atoms with van der Waals surface area (Å²) in [6.07, 6.45) is 3.83. The maximum atomic E-state index is 13.2. The molecular formula is C13H15FN2S. The van der Waals surface area contributed by atoms with Crippen molar-refractivity contribution in [2.45, 2.75) is 19.4 Å². The Morgan fingerprint density at radius 1 is 1.47 bits per heavy atom. The lowest BCUT2D eigenvalue weighted by Crippen LogP contribution is -2.22. The molecule has 17 heavy (non-hydrogen) atoms. The normalized spacial score (nSPS) is 12.6. The van der Waals surface area contributed by atoms with Gasteiger partial charge >= 0.3 is 0 Å². The van der Waals surface area contributed by atoms with Crippen LogP contribution in [-0.2, 0) is 6.42 Å². The van der Waals surface area contributed by atoms with Gasteiger partial charge in [-0.1, -0.05) is 13.0 Å². The van der Waals surface area contributed by atoms with E-state index in [1.807, 2.05) is 13.0 Å². The van der Waals surface area contributed by atoms with E-state index in [1.54, 1.807) is 23.6 Å². The van der Waals surface area contributed by atoms with Crippen molar-refractivity contribution < 1.29 is 4.39 Å². The van der Waals surface area contributed by atoms with Gasteiger partial charge in [0.15, 0.2) is 0 Å². The number of likely N-dealkylation sites (N-methyl/N-ethyl adjacent to an activating group) is 1. The molecule has 2 rings (SSSR count). The molecule has 1 atom stereocenters. The van der Waals surface area contributed by atoms with Gasteiger partial charge in [-0.05, 0) is 29.6 Å². The number of nitrogens with one attached hydrogen (secondary N) is 1. The van der Waals surface area contributed by atoms with Gasteiger partial charge in [0.05, 0.1) is 6.20 Å². The van der Waals surface area contributed by atoms with Crippen molar-refractivity contribution in [1.29, 1.82) is 0 Å². The van der Waals surface area contributed by atoms with Crippen molar-refractivity contribution in [3.8, 4) is 0 Å². The zero-order valence-corrected chi connectivity index (χ0v) is 10.5. The lowest BCUT2D eigenvalue weighted by Gasteiger charge is -2.17. The summed E-state index contributed by atoms with van der Waals surface area (Å²) in [6.45, 7) is 2.90. The van der Waals surface area contributed by atoms with Crippen molar-refractivity contribution in [2.75, 3.05) is 6.54 Å². The highest BCUT2D eigenvalue weighted by Crippen LogP contribution is 2.21. The molecule has 1 N–H and O–H groups in total. The number of nitrogens with zero attached hydrogens (tertiary/aromatic N) is 1. The van der Waals surface area contributed by atoms with E-state index >= 15 is 0 Å². The molecule has 1 unspecified atom stereocenters. The lowest BCUT2D eigenvalue weighted by atomic mass is 10.0. The van der Waals surface area contributed by atoms with Crippen LogP contribution in [0, 0.1) is 5.82 Å². The molecule has 0 saturated heterocycles. The van der Waals surface area contributed by atoms with Gasteiger partial charge < -0.3 is 5.32 Å². The highest BCUT2D eigenvalue weighted by atomic mass is 32.1. The van der Waals surface area contributed by atoms with E-state index in [-0.39, 0.29) is 11.9 Å². The summed E-state index contributed by atoms with van der Waals surface area (Å²) in [4.78, 5) is 5.20. The standard InChI is InChI=1S/C13H15FN2S/c1-2-16-13(7-12-4-3-5-17-12)10-6-11(14)9-15-8-10/h3-6,8-9,13,16H,2,7H2,1H3. The van der Waals surface area contributed by atoms with Gasteiger partial charge in [0.25, 0.3) is 0 Å². The molecule has 2 aromatic rings. The van der Waals surface area contributed by atoms with E-state index in [4.69, 9.17) is 0 Å². The molecule has 0 aliphatic rings. The minimum Gasteiger partial charge on any atom is -0.310 e. The maximum Gasteiger partial charge on any atom is 0.141 e. The lowest BCUT2D eigenvalue weighted by molar-refractivity contribution is 0.542. The largest absolute Gasteiger partial charge is 0.310 e. The van der Waals surface area contributed by atoms with E-state index in [9.17, 15) is 4.39 Å². The summed E-state index contributed by atoms with van der Waals surface area (Å²) in [6, 6.07) is 5.81. The Morgan fingerprint density at radius 2 is 2.35 bits per heavy atom. The van der Waals surface area contributed by atoms with E-state index < -0.39 is 0 Å². The van der Waals surface area contributed by atoms with Gasteiger partial charge in [-0.15, -0.1) is 11.3 Å². The monoisotopic (exact) mass is 250 g/mol. The first-order valence-corrected chi connectivity index (χ1v) is 6.53. The number of aromatic nitrogens is 1. The van der Waals surface area contributed by atoms with Crippen molar-refractivity contribution in [2.24, 2.45) is 0 Å². The molecule has 90 valence electrons. The summed E-state index contributed by atoms with van der Waals surface area (Å²) in [5.74, 6) is -0.281. The van der Waals surface area contributed by atoms with Gasteiger partial charge in [0.1, 0.15) is 5.82 Å². The molecule has 2 nitrogen and oxygen atoms in total. The predicted octanol–water partition coefficient (Wildman–Crippen LogP) is 3.18. The molecule has 0 spiro atoms. The predicted molar refractivity (Wildman–Crippen MR) is 68.6 cm³/mol. The summed E-state index contributed by atoms with van der Waals surface area (Å²) in [7, 11) is 0. The number of halogens is 1. The molecule has 4 heteroatoms. The van der Waals surface area contributed by atoms with Crippen LogP contribution in [0.5, 0.6) is 0 Å². The van der Waals surface area contributed by atoms with Gasteiger partial charge in [0, 0.05) is 23.5 Å². The fraction of sp³-hybridized carbons (Fsp3) is 0.308. The maximum absolute atomic E-state index is 13.2. The van der Waals surface area contributed by atoms with Crippen LogP contribution in [0.1, 0.15) is 23.4 Å². The molecule has 0 aliphatic heterocycles. The number of thiophene rings is 1. The third kappa shape index (κ3) is 3.35. The number of pyridine rings is 1. The smallest absolute Gasteiger partial charge is 0.141 e. The topological polar surface area (TPSA) is 24.9 Å². The van der Waals surface area contributed by atoms with Gasteiger partial charge in [-0.25, -0.2) is 4.39 Å². The summed E-state index contributed by atoms with van der Waals surface area (Å²) in [5.41, 5.74) is 0.903. The first-order valence-electron chi connectivity index (χ1n) is 5.66. The Balaban J connectivity index is 2.16. The molecule has 0 fully saturated rings. The first kappa shape index (κ1) is 12.2. The van der Waals surface area contributed by atoms with E-state index in [1.165, 1.54) is 11.1 Å². The Bertz CT molecular complexity index is 456. The van der Waals surface area contributed by atoms with Gasteiger partial charge in [-0.2, -0.15) is 0 Å². The van der Waals surface area contributed by atoms with Crippen molar-refractivity contribution in [3.63, 3.8) is 0 Å².